The van der Waals surface area contributed by atoms with Gasteiger partial charge in [-0.1, -0.05) is 11.5 Å². The normalized spacial score (nSPS) is 30.0. The van der Waals surface area contributed by atoms with Crippen molar-refractivity contribution in [2.75, 3.05) is 24.4 Å². The molecule has 0 radical (unpaired) electrons. The zero-order valence-corrected chi connectivity index (χ0v) is 11.6. The lowest BCUT2D eigenvalue weighted by Crippen LogP contribution is -2.28. The van der Waals surface area contributed by atoms with Gasteiger partial charge < -0.3 is 9.32 Å². The van der Waals surface area contributed by atoms with Crippen LogP contribution >= 0.6 is 11.6 Å². The second-order valence-electron chi connectivity index (χ2n) is 5.73. The molecule has 4 nitrogen and oxygen atoms in total. The maximum Gasteiger partial charge on any atom is 0.317 e. The zero-order chi connectivity index (χ0) is 12.5. The lowest BCUT2D eigenvalue weighted by atomic mass is 9.88. The Labute approximate surface area is 113 Å². The number of hydrogen-bond acceptors (Lipinski definition) is 4. The SMILES string of the molecule is CN(CC1CC2CCC1C2)c1nnc(CCCl)o1. The molecule has 100 valence electrons. The summed E-state index contributed by atoms with van der Waals surface area (Å²) in [6, 6.07) is 0.637. The molecule has 1 heterocycles. The van der Waals surface area contributed by atoms with E-state index >= 15 is 0 Å². The molecule has 2 aliphatic carbocycles. The lowest BCUT2D eigenvalue weighted by Gasteiger charge is -2.25. The Morgan fingerprint density at radius 1 is 1.33 bits per heavy atom. The van der Waals surface area contributed by atoms with Crippen LogP contribution in [0, 0.1) is 17.8 Å². The molecule has 2 bridgehead atoms. The van der Waals surface area contributed by atoms with Gasteiger partial charge in [0.2, 0.25) is 5.89 Å². The molecule has 5 heteroatoms. The highest BCUT2D eigenvalue weighted by Crippen LogP contribution is 2.48. The molecule has 0 amide bonds. The summed E-state index contributed by atoms with van der Waals surface area (Å²) < 4.78 is 5.60. The van der Waals surface area contributed by atoms with Crippen LogP contribution in [-0.2, 0) is 6.42 Å². The molecule has 1 aromatic rings. The summed E-state index contributed by atoms with van der Waals surface area (Å²) >= 11 is 5.66. The third-order valence-electron chi connectivity index (χ3n) is 4.48. The van der Waals surface area contributed by atoms with Crippen LogP contribution in [0.1, 0.15) is 31.6 Å². The van der Waals surface area contributed by atoms with Crippen LogP contribution in [0.5, 0.6) is 0 Å². The van der Waals surface area contributed by atoms with E-state index in [4.69, 9.17) is 16.0 Å². The van der Waals surface area contributed by atoms with Gasteiger partial charge in [0.1, 0.15) is 0 Å². The van der Waals surface area contributed by atoms with Gasteiger partial charge in [-0.2, -0.15) is 0 Å². The molecule has 0 aliphatic heterocycles. The molecule has 3 atom stereocenters. The van der Waals surface area contributed by atoms with E-state index < -0.39 is 0 Å². The van der Waals surface area contributed by atoms with E-state index in [2.05, 4.69) is 15.1 Å². The van der Waals surface area contributed by atoms with Crippen LogP contribution in [0.15, 0.2) is 4.42 Å². The number of fused-ring (bicyclic) bond motifs is 2. The highest BCUT2D eigenvalue weighted by molar-refractivity contribution is 6.17. The Morgan fingerprint density at radius 3 is 2.89 bits per heavy atom. The Balaban J connectivity index is 1.58. The number of aromatic nitrogens is 2. The van der Waals surface area contributed by atoms with Crippen molar-refractivity contribution in [2.45, 2.75) is 32.1 Å². The Hall–Kier alpha value is -0.770. The van der Waals surface area contributed by atoms with E-state index in [1.54, 1.807) is 0 Å². The molecule has 0 spiro atoms. The molecular weight excluding hydrogens is 250 g/mol. The number of hydrogen-bond donors (Lipinski definition) is 0. The van der Waals surface area contributed by atoms with E-state index in [-0.39, 0.29) is 0 Å². The summed E-state index contributed by atoms with van der Waals surface area (Å²) in [4.78, 5) is 2.11. The average molecular weight is 270 g/mol. The van der Waals surface area contributed by atoms with Gasteiger partial charge in [-0.15, -0.1) is 16.7 Å². The van der Waals surface area contributed by atoms with Gasteiger partial charge in [0.25, 0.3) is 0 Å². The number of anilines is 1. The van der Waals surface area contributed by atoms with Gasteiger partial charge in [-0.25, -0.2) is 0 Å². The molecule has 0 aromatic carbocycles. The van der Waals surface area contributed by atoms with Gasteiger partial charge in [0.15, 0.2) is 0 Å². The van der Waals surface area contributed by atoms with Crippen LogP contribution in [0.3, 0.4) is 0 Å². The molecule has 2 saturated carbocycles. The first-order valence-corrected chi connectivity index (χ1v) is 7.39. The Kier molecular flexibility index (Phi) is 3.46. The first kappa shape index (κ1) is 12.3. The van der Waals surface area contributed by atoms with Crippen molar-refractivity contribution < 1.29 is 4.42 Å². The summed E-state index contributed by atoms with van der Waals surface area (Å²) in [6.45, 7) is 1.05. The first-order valence-electron chi connectivity index (χ1n) is 6.85. The monoisotopic (exact) mass is 269 g/mol. The molecule has 3 unspecified atom stereocenters. The molecule has 0 N–H and O–H groups in total. The average Bonchev–Trinajstić information content (AvgIpc) is 3.04. The second-order valence-corrected chi connectivity index (χ2v) is 6.11. The summed E-state index contributed by atoms with van der Waals surface area (Å²) in [7, 11) is 2.05. The lowest BCUT2D eigenvalue weighted by molar-refractivity contribution is 0.332. The van der Waals surface area contributed by atoms with Gasteiger partial charge in [0.05, 0.1) is 0 Å². The summed E-state index contributed by atoms with van der Waals surface area (Å²) in [5.74, 6) is 3.90. The number of halogens is 1. The number of rotatable bonds is 5. The van der Waals surface area contributed by atoms with Crippen LogP contribution in [0.25, 0.3) is 0 Å². The van der Waals surface area contributed by atoms with Gasteiger partial charge in [-0.3, -0.25) is 0 Å². The molecule has 3 rings (SSSR count). The van der Waals surface area contributed by atoms with E-state index in [1.807, 2.05) is 7.05 Å². The molecule has 0 saturated heterocycles. The smallest absolute Gasteiger partial charge is 0.317 e. The standard InChI is InChI=1S/C13H20ClN3O/c1-17(13-16-15-12(18-13)4-5-14)8-11-7-9-2-3-10(11)6-9/h9-11H,2-8H2,1H3. The Morgan fingerprint density at radius 2 is 2.22 bits per heavy atom. The number of aryl methyl sites for hydroxylation is 1. The molecular formula is C13H20ClN3O. The van der Waals surface area contributed by atoms with E-state index in [0.717, 1.165) is 24.3 Å². The van der Waals surface area contributed by atoms with Crippen molar-refractivity contribution in [3.05, 3.63) is 5.89 Å². The van der Waals surface area contributed by atoms with Crippen LogP contribution in [-0.4, -0.2) is 29.7 Å². The van der Waals surface area contributed by atoms with E-state index in [0.29, 0.717) is 24.2 Å². The fraction of sp³-hybridized carbons (Fsp3) is 0.846. The predicted octanol–water partition coefficient (Wildman–Crippen LogP) is 2.72. The number of nitrogens with zero attached hydrogens (tertiary/aromatic N) is 3. The van der Waals surface area contributed by atoms with Crippen LogP contribution in [0.2, 0.25) is 0 Å². The third kappa shape index (κ3) is 2.35. The maximum absolute atomic E-state index is 5.66. The van der Waals surface area contributed by atoms with Crippen molar-refractivity contribution in [3.63, 3.8) is 0 Å². The minimum absolute atomic E-state index is 0.526. The molecule has 18 heavy (non-hydrogen) atoms. The van der Waals surface area contributed by atoms with Gasteiger partial charge >= 0.3 is 6.01 Å². The Bertz CT molecular complexity index is 409. The number of alkyl halides is 1. The zero-order valence-electron chi connectivity index (χ0n) is 10.8. The topological polar surface area (TPSA) is 42.2 Å². The van der Waals surface area contributed by atoms with Crippen molar-refractivity contribution in [1.82, 2.24) is 10.2 Å². The van der Waals surface area contributed by atoms with Crippen molar-refractivity contribution in [1.29, 1.82) is 0 Å². The summed E-state index contributed by atoms with van der Waals surface area (Å²) in [5.41, 5.74) is 0. The first-order chi connectivity index (χ1) is 8.76. The second kappa shape index (κ2) is 5.08. The summed E-state index contributed by atoms with van der Waals surface area (Å²) in [6.07, 6.45) is 6.35. The maximum atomic E-state index is 5.66. The highest BCUT2D eigenvalue weighted by atomic mass is 35.5. The third-order valence-corrected chi connectivity index (χ3v) is 4.67. The van der Waals surface area contributed by atoms with E-state index in [1.165, 1.54) is 25.7 Å². The van der Waals surface area contributed by atoms with Crippen LogP contribution < -0.4 is 4.90 Å². The van der Waals surface area contributed by atoms with Gasteiger partial charge in [-0.05, 0) is 37.0 Å². The van der Waals surface area contributed by atoms with Gasteiger partial charge in [0, 0.05) is 25.9 Å². The van der Waals surface area contributed by atoms with Crippen molar-refractivity contribution >= 4 is 17.6 Å². The van der Waals surface area contributed by atoms with Crippen LogP contribution in [0.4, 0.5) is 6.01 Å². The molecule has 2 fully saturated rings. The predicted molar refractivity (Wildman–Crippen MR) is 70.9 cm³/mol. The highest BCUT2D eigenvalue weighted by Gasteiger charge is 2.40. The van der Waals surface area contributed by atoms with Crippen molar-refractivity contribution in [3.8, 4) is 0 Å². The van der Waals surface area contributed by atoms with E-state index in [9.17, 15) is 0 Å². The van der Waals surface area contributed by atoms with Crippen molar-refractivity contribution in [2.24, 2.45) is 17.8 Å². The summed E-state index contributed by atoms with van der Waals surface area (Å²) in [5, 5.41) is 8.10. The minimum atomic E-state index is 0.526. The fourth-order valence-corrected chi connectivity index (χ4v) is 3.77. The molecule has 1 aromatic heterocycles. The quantitative estimate of drug-likeness (QED) is 0.771. The minimum Gasteiger partial charge on any atom is -0.408 e. The molecule has 2 aliphatic rings. The fourth-order valence-electron chi connectivity index (χ4n) is 3.61. The largest absolute Gasteiger partial charge is 0.408 e.